The summed E-state index contributed by atoms with van der Waals surface area (Å²) in [6, 6.07) is 3.40. The molecule has 4 rings (SSSR count). The first-order valence-electron chi connectivity index (χ1n) is 27.0. The van der Waals surface area contributed by atoms with Gasteiger partial charge >= 0.3 is 5.97 Å². The number of hydrogen-bond acceptors (Lipinski definition) is 16. The molecule has 0 unspecified atom stereocenters. The lowest BCUT2D eigenvalue weighted by Gasteiger charge is -2.34. The predicted octanol–water partition coefficient (Wildman–Crippen LogP) is -2.67. The lowest BCUT2D eigenvalue weighted by atomic mass is 9.97. The van der Waals surface area contributed by atoms with Gasteiger partial charge in [0.2, 0.25) is 53.2 Å². The largest absolute Gasteiger partial charge is 0.508 e. The molecule has 2 heterocycles. The van der Waals surface area contributed by atoms with Gasteiger partial charge in [-0.3, -0.25) is 48.1 Å². The number of carbonyl (C=O) groups excluding carboxylic acids is 9. The molecule has 446 valence electrons. The fourth-order valence-electron chi connectivity index (χ4n) is 9.28. The van der Waals surface area contributed by atoms with E-state index >= 15 is 0 Å². The van der Waals surface area contributed by atoms with Crippen LogP contribution in [-0.2, 0) is 60.8 Å². The number of thiol groups is 2. The normalized spacial score (nSPS) is 18.7. The van der Waals surface area contributed by atoms with Gasteiger partial charge in [0.05, 0.1) is 18.7 Å². The molecule has 2 aromatic carbocycles. The van der Waals surface area contributed by atoms with E-state index in [0.29, 0.717) is 30.4 Å². The third kappa shape index (κ3) is 20.4. The second-order valence-electron chi connectivity index (χ2n) is 20.1. The van der Waals surface area contributed by atoms with Gasteiger partial charge in [-0.05, 0) is 61.3 Å². The molecule has 0 radical (unpaired) electrons. The van der Waals surface area contributed by atoms with E-state index in [1.165, 1.54) is 34.1 Å². The minimum absolute atomic E-state index is 0.0191. The van der Waals surface area contributed by atoms with Crippen LogP contribution < -0.4 is 54.4 Å². The van der Waals surface area contributed by atoms with Crippen LogP contribution in [0.5, 0.6) is 5.75 Å². The van der Waals surface area contributed by atoms with Crippen molar-refractivity contribution in [2.45, 2.75) is 145 Å². The number of guanidine groups is 1. The Morgan fingerprint density at radius 3 is 1.94 bits per heavy atom. The number of β-amino-alcohol motifs (C(OH)–C–C–N with tert-alkyl or cyclic N) is 1. The van der Waals surface area contributed by atoms with Crippen LogP contribution in [0.1, 0.15) is 83.3 Å². The summed E-state index contributed by atoms with van der Waals surface area (Å²) in [6.45, 7) is 4.50. The molecule has 0 spiro atoms. The minimum atomic E-state index is -1.40. The highest BCUT2D eigenvalue weighted by Crippen LogP contribution is 2.27. The molecule has 81 heavy (non-hydrogen) atoms. The van der Waals surface area contributed by atoms with Crippen LogP contribution in [0.25, 0.3) is 0 Å². The number of rotatable bonds is 31. The van der Waals surface area contributed by atoms with Gasteiger partial charge in [0.25, 0.3) is 0 Å². The number of carbonyl (C=O) groups is 10. The van der Waals surface area contributed by atoms with Gasteiger partial charge in [0, 0.05) is 50.4 Å². The van der Waals surface area contributed by atoms with Crippen molar-refractivity contribution in [2.75, 3.05) is 37.7 Å². The van der Waals surface area contributed by atoms with Gasteiger partial charge in [-0.2, -0.15) is 25.3 Å². The number of aliphatic imine (C=N–C) groups is 1. The fourth-order valence-corrected chi connectivity index (χ4v) is 9.70. The first kappa shape index (κ1) is 66.3. The van der Waals surface area contributed by atoms with Gasteiger partial charge in [-0.1, -0.05) is 76.1 Å². The standard InChI is InChI=1S/C53H79N13O13S2/c1-4-11-35(46(72)63-39(28-81)52(78)79)61-49(75)43(29(3)5-2)64-48(74)41-24-33(68)26-66(41)51(77)40-15-10-21-65(40)50(76)38(23-30-12-7-6-8-13-30)62-47(73)37(22-31-16-18-32(67)19-17-31)59-42(69)25-58-45(71)36(14-9-20-57-53(55)56)60-44(70)34(54)27-80/h6-8,12-13,16-19,29,33-41,43,67-68,80-81H,4-5,9-11,14-15,20-28,54H2,1-3H3,(H,58,71)(H,59,69)(H,60,70)(H,61,75)(H,62,73)(H,63,72)(H,64,74)(H,78,79)(H4,55,56,57)/t29-,33+,34-,35-,36-,37-,38-,39-,40-,41-,43-/m0/s1. The zero-order valence-corrected chi connectivity index (χ0v) is 47.5. The molecule has 2 aromatic rings. The quantitative estimate of drug-likeness (QED) is 0.0158. The van der Waals surface area contributed by atoms with Crippen LogP contribution in [0.2, 0.25) is 0 Å². The van der Waals surface area contributed by atoms with Crippen LogP contribution >= 0.6 is 25.3 Å². The average molecular weight is 1170 g/mol. The Labute approximate surface area is 481 Å². The molecule has 2 fully saturated rings. The van der Waals surface area contributed by atoms with E-state index < -0.39 is 132 Å². The number of nitrogens with two attached hydrogens (primary N) is 3. The molecule has 0 aromatic heterocycles. The van der Waals surface area contributed by atoms with Crippen molar-refractivity contribution < 1.29 is 63.3 Å². The number of aliphatic hydroxyl groups is 1. The summed E-state index contributed by atoms with van der Waals surface area (Å²) in [5.41, 5.74) is 17.8. The molecular weight excluding hydrogens is 1090 g/mol. The Morgan fingerprint density at radius 2 is 1.32 bits per heavy atom. The molecule has 11 atom stereocenters. The summed E-state index contributed by atoms with van der Waals surface area (Å²) in [5.74, 6) is -8.96. The Morgan fingerprint density at radius 1 is 0.716 bits per heavy atom. The fraction of sp³-hybridized carbons (Fsp3) is 0.566. The Kier molecular flexibility index (Phi) is 27.0. The molecule has 28 heteroatoms. The second kappa shape index (κ2) is 32.9. The molecule has 26 nitrogen and oxygen atoms in total. The van der Waals surface area contributed by atoms with E-state index in [1.54, 1.807) is 51.1 Å². The first-order valence-corrected chi connectivity index (χ1v) is 28.2. The van der Waals surface area contributed by atoms with Gasteiger partial charge in [-0.15, -0.1) is 0 Å². The second-order valence-corrected chi connectivity index (χ2v) is 20.9. The van der Waals surface area contributed by atoms with Gasteiger partial charge in [-0.25, -0.2) is 4.79 Å². The zero-order chi connectivity index (χ0) is 59.9. The number of carboxylic acid groups (broad SMARTS) is 1. The van der Waals surface area contributed by atoms with E-state index in [-0.39, 0.29) is 87.8 Å². The van der Waals surface area contributed by atoms with Crippen molar-refractivity contribution >= 4 is 90.4 Å². The number of nitrogens with zero attached hydrogens (tertiary/aromatic N) is 3. The number of phenolic OH excluding ortho intramolecular Hbond substituents is 1. The van der Waals surface area contributed by atoms with E-state index in [1.807, 2.05) is 0 Å². The number of likely N-dealkylation sites (tertiary alicyclic amines) is 2. The maximum atomic E-state index is 14.9. The third-order valence-corrected chi connectivity index (χ3v) is 14.7. The number of aromatic hydroxyl groups is 1. The number of carboxylic acids is 1. The molecule has 0 aliphatic carbocycles. The van der Waals surface area contributed by atoms with Crippen molar-refractivity contribution in [2.24, 2.45) is 28.1 Å². The summed E-state index contributed by atoms with van der Waals surface area (Å²) < 4.78 is 0. The molecule has 9 amide bonds. The molecule has 0 saturated carbocycles. The van der Waals surface area contributed by atoms with E-state index in [2.05, 4.69) is 67.5 Å². The Bertz CT molecular complexity index is 2530. The van der Waals surface area contributed by atoms with Crippen LogP contribution in [0, 0.1) is 5.92 Å². The smallest absolute Gasteiger partial charge is 0.327 e. The monoisotopic (exact) mass is 1170 g/mol. The van der Waals surface area contributed by atoms with Crippen LogP contribution in [0.3, 0.4) is 0 Å². The highest BCUT2D eigenvalue weighted by molar-refractivity contribution is 7.80. The number of hydrogen-bond donors (Lipinski definition) is 15. The van der Waals surface area contributed by atoms with Gasteiger partial charge in [0.1, 0.15) is 54.1 Å². The van der Waals surface area contributed by atoms with Crippen molar-refractivity contribution in [1.82, 2.24) is 47.0 Å². The maximum absolute atomic E-state index is 14.9. The first-order chi connectivity index (χ1) is 38.5. The molecule has 16 N–H and O–H groups in total. The SMILES string of the molecule is CCC[C@H](NC(=O)[C@@H](NC(=O)[C@@H]1C[C@@H](O)CN1C(=O)[C@@H]1CCCN1C(=O)[C@H](Cc1ccccc1)NC(=O)[C@H](Cc1ccc(O)cc1)NC(=O)CNC(=O)[C@H](CCCN=C(N)N)NC(=O)[C@@H](N)CS)[C@@H](C)CC)C(=O)N[C@@H](CS)C(=O)O. The van der Waals surface area contributed by atoms with Crippen molar-refractivity contribution in [3.05, 3.63) is 65.7 Å². The average Bonchev–Trinajstić information content (AvgIpc) is 4.13. The summed E-state index contributed by atoms with van der Waals surface area (Å²) in [6.07, 6.45) is 0.169. The van der Waals surface area contributed by atoms with Gasteiger partial charge in [0.15, 0.2) is 5.96 Å². The third-order valence-electron chi connectivity index (χ3n) is 13.9. The highest BCUT2D eigenvalue weighted by atomic mass is 32.1. The van der Waals surface area contributed by atoms with Crippen molar-refractivity contribution in [3.8, 4) is 5.75 Å². The van der Waals surface area contributed by atoms with Crippen molar-refractivity contribution in [3.63, 3.8) is 0 Å². The number of nitrogens with one attached hydrogen (secondary N) is 7. The molecule has 2 aliphatic heterocycles. The number of aliphatic hydroxyl groups excluding tert-OH is 1. The van der Waals surface area contributed by atoms with Crippen molar-refractivity contribution in [1.29, 1.82) is 0 Å². The maximum Gasteiger partial charge on any atom is 0.327 e. The minimum Gasteiger partial charge on any atom is -0.508 e. The van der Waals surface area contributed by atoms with E-state index in [9.17, 15) is 63.3 Å². The summed E-state index contributed by atoms with van der Waals surface area (Å²) in [5, 5.41) is 48.6. The molecular formula is C53H79N13O13S2. The zero-order valence-electron chi connectivity index (χ0n) is 45.8. The predicted molar refractivity (Wildman–Crippen MR) is 305 cm³/mol. The lowest BCUT2D eigenvalue weighted by molar-refractivity contribution is -0.148. The number of phenols is 1. The summed E-state index contributed by atoms with van der Waals surface area (Å²) in [4.78, 5) is 143. The molecule has 2 aliphatic rings. The molecule has 0 bridgehead atoms. The van der Waals surface area contributed by atoms with Crippen LogP contribution in [0.4, 0.5) is 0 Å². The number of amides is 9. The van der Waals surface area contributed by atoms with Crippen LogP contribution in [0.15, 0.2) is 59.6 Å². The Hall–Kier alpha value is -7.17. The van der Waals surface area contributed by atoms with Gasteiger partial charge < -0.3 is 79.5 Å². The highest BCUT2D eigenvalue weighted by Gasteiger charge is 2.47. The lowest BCUT2D eigenvalue weighted by Crippen LogP contribution is -2.60. The van der Waals surface area contributed by atoms with E-state index in [0.717, 1.165) is 0 Å². The Balaban J connectivity index is 1.57. The number of aliphatic carboxylic acids is 1. The summed E-state index contributed by atoms with van der Waals surface area (Å²) in [7, 11) is 0. The topological polar surface area (TPSA) is 412 Å². The molecule has 2 saturated heterocycles. The number of benzene rings is 2. The summed E-state index contributed by atoms with van der Waals surface area (Å²) >= 11 is 8.04. The van der Waals surface area contributed by atoms with Crippen LogP contribution in [-0.4, -0.2) is 188 Å². The van der Waals surface area contributed by atoms with E-state index in [4.69, 9.17) is 17.2 Å².